The molecular weight excluding hydrogens is 378 g/mol. The van der Waals surface area contributed by atoms with Crippen molar-refractivity contribution in [3.63, 3.8) is 0 Å². The van der Waals surface area contributed by atoms with Gasteiger partial charge in [-0.2, -0.15) is 4.98 Å². The summed E-state index contributed by atoms with van der Waals surface area (Å²) in [6.07, 6.45) is 3.07. The number of sulfonamides is 1. The van der Waals surface area contributed by atoms with Crippen molar-refractivity contribution in [3.8, 4) is 0 Å². The van der Waals surface area contributed by atoms with E-state index in [9.17, 15) is 13.5 Å². The first-order chi connectivity index (χ1) is 13.3. The highest BCUT2D eigenvalue weighted by atomic mass is 32.2. The van der Waals surface area contributed by atoms with E-state index in [1.807, 2.05) is 19.1 Å². The highest BCUT2D eigenvalue weighted by Gasteiger charge is 2.28. The molecule has 2 aromatic rings. The fourth-order valence-corrected chi connectivity index (χ4v) is 4.00. The maximum Gasteiger partial charge on any atom is 0.238 e. The molecule has 0 spiro atoms. The topological polar surface area (TPSA) is 121 Å². The van der Waals surface area contributed by atoms with Gasteiger partial charge in [-0.25, -0.2) is 18.5 Å². The zero-order valence-corrected chi connectivity index (χ0v) is 16.6. The van der Waals surface area contributed by atoms with Gasteiger partial charge < -0.3 is 15.3 Å². The molecule has 1 atom stereocenters. The lowest BCUT2D eigenvalue weighted by Crippen LogP contribution is -2.32. The van der Waals surface area contributed by atoms with Gasteiger partial charge in [-0.3, -0.25) is 0 Å². The molecule has 1 aromatic heterocycles. The number of rotatable bonds is 6. The van der Waals surface area contributed by atoms with Crippen molar-refractivity contribution >= 4 is 21.8 Å². The highest BCUT2D eigenvalue weighted by molar-refractivity contribution is 7.89. The molecule has 2 heterocycles. The van der Waals surface area contributed by atoms with Crippen LogP contribution in [-0.2, 0) is 23.0 Å². The minimum absolute atomic E-state index is 0.000220. The van der Waals surface area contributed by atoms with Gasteiger partial charge in [-0.15, -0.1) is 0 Å². The normalized spacial score (nSPS) is 17.9. The average Bonchev–Trinajstić information content (AvgIpc) is 3.51. The predicted octanol–water partition coefficient (Wildman–Crippen LogP) is 1.36. The number of benzene rings is 1. The van der Waals surface area contributed by atoms with Crippen LogP contribution in [0, 0.1) is 0 Å². The third-order valence-corrected chi connectivity index (χ3v) is 6.13. The van der Waals surface area contributed by atoms with Gasteiger partial charge in [0.15, 0.2) is 0 Å². The van der Waals surface area contributed by atoms with Gasteiger partial charge in [0.2, 0.25) is 16.0 Å². The summed E-state index contributed by atoms with van der Waals surface area (Å²) in [7, 11) is -3.73. The predicted molar refractivity (Wildman–Crippen MR) is 107 cm³/mol. The van der Waals surface area contributed by atoms with Crippen molar-refractivity contribution in [3.05, 3.63) is 41.1 Å². The van der Waals surface area contributed by atoms with Gasteiger partial charge >= 0.3 is 0 Å². The Balaban J connectivity index is 1.64. The van der Waals surface area contributed by atoms with E-state index in [1.165, 1.54) is 0 Å². The van der Waals surface area contributed by atoms with Crippen molar-refractivity contribution in [2.75, 3.05) is 23.4 Å². The molecule has 0 bridgehead atoms. The van der Waals surface area contributed by atoms with Crippen LogP contribution in [0.5, 0.6) is 0 Å². The quantitative estimate of drug-likeness (QED) is 0.666. The molecule has 4 N–H and O–H groups in total. The van der Waals surface area contributed by atoms with Gasteiger partial charge in [0.25, 0.3) is 0 Å². The zero-order valence-electron chi connectivity index (χ0n) is 15.8. The number of hydrogen-bond acceptors (Lipinski definition) is 7. The number of aliphatic hydroxyl groups is 1. The van der Waals surface area contributed by atoms with E-state index in [0.717, 1.165) is 48.4 Å². The van der Waals surface area contributed by atoms with Crippen molar-refractivity contribution in [1.29, 1.82) is 0 Å². The summed E-state index contributed by atoms with van der Waals surface area (Å²) in [5, 5.41) is 17.8. The van der Waals surface area contributed by atoms with Crippen LogP contribution in [-0.4, -0.2) is 42.7 Å². The molecular formula is C19H25N5O3S. The summed E-state index contributed by atoms with van der Waals surface area (Å²) < 4.78 is 23.4. The standard InChI is InChI=1S/C19H25N5O3S/c1-12(11-25)21-19-22-17(14-2-3-14)9-18(23-19)24-7-6-13-4-5-16(28(20,26)27)8-15(13)10-24/h4-5,8-9,12,14,25H,2-3,6-7,10-11H2,1H3,(H2,20,26,27)(H,21,22,23)/t12-/m1/s1. The number of aliphatic hydroxyl groups excluding tert-OH is 1. The molecule has 1 fully saturated rings. The molecule has 28 heavy (non-hydrogen) atoms. The van der Waals surface area contributed by atoms with Crippen molar-refractivity contribution < 1.29 is 13.5 Å². The smallest absolute Gasteiger partial charge is 0.238 e. The summed E-state index contributed by atoms with van der Waals surface area (Å²) in [6, 6.07) is 6.96. The highest BCUT2D eigenvalue weighted by Crippen LogP contribution is 2.40. The van der Waals surface area contributed by atoms with Gasteiger partial charge in [-0.1, -0.05) is 6.07 Å². The molecule has 150 valence electrons. The van der Waals surface area contributed by atoms with Crippen LogP contribution in [0.3, 0.4) is 0 Å². The maximum atomic E-state index is 11.7. The Labute approximate surface area is 164 Å². The molecule has 1 aliphatic heterocycles. The lowest BCUT2D eigenvalue weighted by atomic mass is 10.00. The lowest BCUT2D eigenvalue weighted by molar-refractivity contribution is 0.281. The third kappa shape index (κ3) is 4.11. The van der Waals surface area contributed by atoms with E-state index >= 15 is 0 Å². The maximum absolute atomic E-state index is 11.7. The monoisotopic (exact) mass is 403 g/mol. The van der Waals surface area contributed by atoms with Gasteiger partial charge in [-0.05, 0) is 49.4 Å². The average molecular weight is 404 g/mol. The summed E-state index contributed by atoms with van der Waals surface area (Å²) in [5.74, 6) is 1.80. The molecule has 9 heteroatoms. The van der Waals surface area contributed by atoms with Crippen LogP contribution in [0.15, 0.2) is 29.2 Å². The fraction of sp³-hybridized carbons (Fsp3) is 0.474. The van der Waals surface area contributed by atoms with Gasteiger partial charge in [0, 0.05) is 31.1 Å². The van der Waals surface area contributed by atoms with Crippen LogP contribution >= 0.6 is 0 Å². The number of nitrogens with one attached hydrogen (secondary N) is 1. The summed E-state index contributed by atoms with van der Waals surface area (Å²) >= 11 is 0. The fourth-order valence-electron chi connectivity index (χ4n) is 3.44. The SMILES string of the molecule is C[C@H](CO)Nc1nc(C2CC2)cc(N2CCc3ccc(S(N)(=O)=O)cc3C2)n1. The van der Waals surface area contributed by atoms with Crippen molar-refractivity contribution in [2.45, 2.75) is 49.6 Å². The molecule has 2 aliphatic rings. The second-order valence-corrected chi connectivity index (χ2v) is 9.19. The summed E-state index contributed by atoms with van der Waals surface area (Å²) in [5.41, 5.74) is 3.09. The van der Waals surface area contributed by atoms with Crippen LogP contribution in [0.2, 0.25) is 0 Å². The molecule has 1 aliphatic carbocycles. The van der Waals surface area contributed by atoms with E-state index in [2.05, 4.69) is 20.2 Å². The molecule has 8 nitrogen and oxygen atoms in total. The summed E-state index contributed by atoms with van der Waals surface area (Å²) in [6.45, 7) is 3.23. The van der Waals surface area contributed by atoms with Gasteiger partial charge in [0.05, 0.1) is 17.2 Å². The Bertz CT molecular complexity index is 991. The van der Waals surface area contributed by atoms with E-state index in [4.69, 9.17) is 5.14 Å². The summed E-state index contributed by atoms with van der Waals surface area (Å²) in [4.78, 5) is 11.5. The Hall–Kier alpha value is -2.23. The molecule has 0 saturated heterocycles. The van der Waals surface area contributed by atoms with E-state index in [1.54, 1.807) is 12.1 Å². The lowest BCUT2D eigenvalue weighted by Gasteiger charge is -2.30. The largest absolute Gasteiger partial charge is 0.394 e. The Morgan fingerprint density at radius 1 is 1.29 bits per heavy atom. The minimum Gasteiger partial charge on any atom is -0.394 e. The van der Waals surface area contributed by atoms with E-state index < -0.39 is 10.0 Å². The second-order valence-electron chi connectivity index (χ2n) is 7.62. The number of nitrogens with two attached hydrogens (primary N) is 1. The molecule has 0 amide bonds. The van der Waals surface area contributed by atoms with E-state index in [0.29, 0.717) is 18.4 Å². The first-order valence-corrected chi connectivity index (χ1v) is 11.0. The molecule has 0 unspecified atom stereocenters. The number of hydrogen-bond donors (Lipinski definition) is 3. The van der Waals surface area contributed by atoms with Crippen LogP contribution in [0.25, 0.3) is 0 Å². The second kappa shape index (κ2) is 7.31. The number of aromatic nitrogens is 2. The molecule has 1 saturated carbocycles. The number of fused-ring (bicyclic) bond motifs is 1. The Morgan fingerprint density at radius 2 is 2.07 bits per heavy atom. The molecule has 4 rings (SSSR count). The number of anilines is 2. The Kier molecular flexibility index (Phi) is 4.98. The number of primary sulfonamides is 1. The van der Waals surface area contributed by atoms with Crippen LogP contribution in [0.1, 0.15) is 42.5 Å². The number of nitrogens with zero attached hydrogens (tertiary/aromatic N) is 3. The third-order valence-electron chi connectivity index (χ3n) is 5.22. The van der Waals surface area contributed by atoms with E-state index in [-0.39, 0.29) is 17.5 Å². The van der Waals surface area contributed by atoms with Crippen LogP contribution < -0.4 is 15.4 Å². The molecule has 0 radical (unpaired) electrons. The first kappa shape index (κ1) is 19.1. The Morgan fingerprint density at radius 3 is 2.75 bits per heavy atom. The first-order valence-electron chi connectivity index (χ1n) is 9.49. The molecule has 1 aromatic carbocycles. The van der Waals surface area contributed by atoms with Crippen molar-refractivity contribution in [1.82, 2.24) is 9.97 Å². The zero-order chi connectivity index (χ0) is 19.9. The van der Waals surface area contributed by atoms with Crippen molar-refractivity contribution in [2.24, 2.45) is 5.14 Å². The van der Waals surface area contributed by atoms with Gasteiger partial charge in [0.1, 0.15) is 5.82 Å². The van der Waals surface area contributed by atoms with Crippen LogP contribution in [0.4, 0.5) is 11.8 Å². The minimum atomic E-state index is -3.73.